The van der Waals surface area contributed by atoms with Crippen LogP contribution in [0, 0.1) is 12.7 Å². The first-order chi connectivity index (χ1) is 13.3. The number of hydrogen-bond donors (Lipinski definition) is 2. The number of aryl methyl sites for hydroxylation is 1. The van der Waals surface area contributed by atoms with Gasteiger partial charge in [-0.25, -0.2) is 17.5 Å². The summed E-state index contributed by atoms with van der Waals surface area (Å²) >= 11 is 0. The van der Waals surface area contributed by atoms with Crippen molar-refractivity contribution in [1.82, 2.24) is 4.72 Å². The largest absolute Gasteiger partial charge is 0.322 e. The molecule has 28 heavy (non-hydrogen) atoms. The van der Waals surface area contributed by atoms with Crippen molar-refractivity contribution in [1.29, 1.82) is 0 Å². The fraction of sp³-hybridized carbons (Fsp3) is 0.0952. The third kappa shape index (κ3) is 4.82. The molecule has 1 amide bonds. The van der Waals surface area contributed by atoms with Crippen LogP contribution in [-0.2, 0) is 16.6 Å². The van der Waals surface area contributed by atoms with E-state index < -0.39 is 21.7 Å². The van der Waals surface area contributed by atoms with Crippen LogP contribution in [0.5, 0.6) is 0 Å². The highest BCUT2D eigenvalue weighted by molar-refractivity contribution is 7.89. The van der Waals surface area contributed by atoms with Crippen molar-refractivity contribution in [3.63, 3.8) is 0 Å². The smallest absolute Gasteiger partial charge is 0.255 e. The van der Waals surface area contributed by atoms with Gasteiger partial charge in [-0.1, -0.05) is 36.4 Å². The van der Waals surface area contributed by atoms with Gasteiger partial charge in [-0.05, 0) is 54.4 Å². The molecule has 0 aliphatic carbocycles. The van der Waals surface area contributed by atoms with Gasteiger partial charge in [0.25, 0.3) is 5.91 Å². The number of carbonyl (C=O) groups excluding carboxylic acids is 1. The van der Waals surface area contributed by atoms with E-state index in [4.69, 9.17) is 0 Å². The Morgan fingerprint density at radius 3 is 2.46 bits per heavy atom. The lowest BCUT2D eigenvalue weighted by atomic mass is 10.1. The molecule has 0 atom stereocenters. The third-order valence-electron chi connectivity index (χ3n) is 4.20. The van der Waals surface area contributed by atoms with Gasteiger partial charge in [0.1, 0.15) is 5.82 Å². The normalized spacial score (nSPS) is 11.2. The van der Waals surface area contributed by atoms with E-state index in [1.54, 1.807) is 6.07 Å². The standard InChI is InChI=1S/C21H19FN2O3S/c1-15-6-2-3-7-17(15)14-23-28(26,27)20-11-4-8-16(12-20)21(25)24-19-10-5-9-18(22)13-19/h2-13,23H,14H2,1H3,(H,24,25). The zero-order valence-corrected chi connectivity index (χ0v) is 16.0. The second-order valence-corrected chi connectivity index (χ2v) is 8.01. The van der Waals surface area contributed by atoms with Crippen LogP contribution < -0.4 is 10.0 Å². The van der Waals surface area contributed by atoms with Gasteiger partial charge < -0.3 is 5.32 Å². The molecule has 3 rings (SSSR count). The molecule has 0 spiro atoms. The summed E-state index contributed by atoms with van der Waals surface area (Å²) in [5, 5.41) is 2.55. The highest BCUT2D eigenvalue weighted by Crippen LogP contribution is 2.16. The Balaban J connectivity index is 1.76. The van der Waals surface area contributed by atoms with Gasteiger partial charge in [0, 0.05) is 17.8 Å². The summed E-state index contributed by atoms with van der Waals surface area (Å²) in [4.78, 5) is 12.4. The summed E-state index contributed by atoms with van der Waals surface area (Å²) in [5.41, 5.74) is 2.29. The highest BCUT2D eigenvalue weighted by atomic mass is 32.2. The van der Waals surface area contributed by atoms with Gasteiger partial charge in [-0.2, -0.15) is 0 Å². The summed E-state index contributed by atoms with van der Waals surface area (Å²) in [6.07, 6.45) is 0. The fourth-order valence-corrected chi connectivity index (χ4v) is 3.69. The van der Waals surface area contributed by atoms with Crippen molar-refractivity contribution in [2.75, 3.05) is 5.32 Å². The van der Waals surface area contributed by atoms with Gasteiger partial charge in [0.05, 0.1) is 4.90 Å². The molecule has 7 heteroatoms. The summed E-state index contributed by atoms with van der Waals surface area (Å²) < 4.78 is 41.0. The molecule has 0 bridgehead atoms. The number of halogens is 1. The Labute approximate surface area is 163 Å². The molecule has 0 aliphatic heterocycles. The number of anilines is 1. The van der Waals surface area contributed by atoms with Crippen LogP contribution in [-0.4, -0.2) is 14.3 Å². The fourth-order valence-electron chi connectivity index (χ4n) is 2.64. The minimum absolute atomic E-state index is 0.0204. The van der Waals surface area contributed by atoms with Crippen LogP contribution in [0.1, 0.15) is 21.5 Å². The average molecular weight is 398 g/mol. The minimum Gasteiger partial charge on any atom is -0.322 e. The molecule has 2 N–H and O–H groups in total. The van der Waals surface area contributed by atoms with E-state index in [-0.39, 0.29) is 22.7 Å². The van der Waals surface area contributed by atoms with E-state index in [0.29, 0.717) is 0 Å². The summed E-state index contributed by atoms with van der Waals surface area (Å²) in [5.74, 6) is -1.00. The van der Waals surface area contributed by atoms with Crippen LogP contribution in [0.15, 0.2) is 77.7 Å². The quantitative estimate of drug-likeness (QED) is 0.662. The van der Waals surface area contributed by atoms with Gasteiger partial charge in [0.2, 0.25) is 10.0 Å². The first kappa shape index (κ1) is 19.7. The molecule has 144 valence electrons. The molecule has 3 aromatic carbocycles. The molecule has 0 heterocycles. The maximum atomic E-state index is 13.3. The lowest BCUT2D eigenvalue weighted by Gasteiger charge is -2.10. The van der Waals surface area contributed by atoms with Crippen LogP contribution in [0.25, 0.3) is 0 Å². The molecule has 3 aromatic rings. The average Bonchev–Trinajstić information content (AvgIpc) is 2.67. The zero-order chi connectivity index (χ0) is 20.1. The molecule has 5 nitrogen and oxygen atoms in total. The molecule has 0 radical (unpaired) electrons. The summed E-state index contributed by atoms with van der Waals surface area (Å²) in [6.45, 7) is 2.05. The van der Waals surface area contributed by atoms with E-state index >= 15 is 0 Å². The third-order valence-corrected chi connectivity index (χ3v) is 5.60. The number of sulfonamides is 1. The Kier molecular flexibility index (Phi) is 5.87. The maximum Gasteiger partial charge on any atom is 0.255 e. The van der Waals surface area contributed by atoms with Crippen molar-refractivity contribution in [2.24, 2.45) is 0 Å². The van der Waals surface area contributed by atoms with Crippen LogP contribution >= 0.6 is 0 Å². The first-order valence-corrected chi connectivity index (χ1v) is 10.0. The van der Waals surface area contributed by atoms with Crippen molar-refractivity contribution >= 4 is 21.6 Å². The number of benzene rings is 3. The van der Waals surface area contributed by atoms with Crippen LogP contribution in [0.3, 0.4) is 0 Å². The van der Waals surface area contributed by atoms with Gasteiger partial charge in [-0.15, -0.1) is 0 Å². The molecule has 0 unspecified atom stereocenters. The van der Waals surface area contributed by atoms with Crippen LogP contribution in [0.2, 0.25) is 0 Å². The van der Waals surface area contributed by atoms with E-state index in [2.05, 4.69) is 10.0 Å². The second-order valence-electron chi connectivity index (χ2n) is 6.24. The lowest BCUT2D eigenvalue weighted by Crippen LogP contribution is -2.24. The molecule has 0 fully saturated rings. The van der Waals surface area contributed by atoms with E-state index in [1.165, 1.54) is 42.5 Å². The van der Waals surface area contributed by atoms with Crippen molar-refractivity contribution in [3.05, 3.63) is 95.3 Å². The van der Waals surface area contributed by atoms with Crippen molar-refractivity contribution in [3.8, 4) is 0 Å². The van der Waals surface area contributed by atoms with Crippen molar-refractivity contribution in [2.45, 2.75) is 18.4 Å². The molecule has 0 saturated heterocycles. The topological polar surface area (TPSA) is 75.3 Å². The molecule has 0 aliphatic rings. The van der Waals surface area contributed by atoms with Gasteiger partial charge in [-0.3, -0.25) is 4.79 Å². The molecular formula is C21H19FN2O3S. The molecular weight excluding hydrogens is 379 g/mol. The lowest BCUT2D eigenvalue weighted by molar-refractivity contribution is 0.102. The Hall–Kier alpha value is -3.03. The maximum absolute atomic E-state index is 13.3. The molecule has 0 saturated carbocycles. The predicted molar refractivity (Wildman–Crippen MR) is 106 cm³/mol. The predicted octanol–water partition coefficient (Wildman–Crippen LogP) is 3.86. The van der Waals surface area contributed by atoms with Gasteiger partial charge >= 0.3 is 0 Å². The van der Waals surface area contributed by atoms with Crippen LogP contribution in [0.4, 0.5) is 10.1 Å². The number of carbonyl (C=O) groups is 1. The number of nitrogens with one attached hydrogen (secondary N) is 2. The minimum atomic E-state index is -3.80. The van der Waals surface area contributed by atoms with E-state index in [0.717, 1.165) is 11.1 Å². The first-order valence-electron chi connectivity index (χ1n) is 8.56. The Morgan fingerprint density at radius 2 is 1.71 bits per heavy atom. The summed E-state index contributed by atoms with van der Waals surface area (Å²) in [6, 6.07) is 18.6. The van der Waals surface area contributed by atoms with Gasteiger partial charge in [0.15, 0.2) is 0 Å². The van der Waals surface area contributed by atoms with Crippen molar-refractivity contribution < 1.29 is 17.6 Å². The SMILES string of the molecule is Cc1ccccc1CNS(=O)(=O)c1cccc(C(=O)Nc2cccc(F)c2)c1. The van der Waals surface area contributed by atoms with E-state index in [1.807, 2.05) is 31.2 Å². The Morgan fingerprint density at radius 1 is 0.964 bits per heavy atom. The number of hydrogen-bond acceptors (Lipinski definition) is 3. The number of amides is 1. The monoisotopic (exact) mass is 398 g/mol. The molecule has 0 aromatic heterocycles. The highest BCUT2D eigenvalue weighted by Gasteiger charge is 2.16. The summed E-state index contributed by atoms with van der Waals surface area (Å²) in [7, 11) is -3.80. The second kappa shape index (κ2) is 8.33. The number of rotatable bonds is 6. The zero-order valence-electron chi connectivity index (χ0n) is 15.1. The van der Waals surface area contributed by atoms with E-state index in [9.17, 15) is 17.6 Å². The Bertz CT molecular complexity index is 1110.